The van der Waals surface area contributed by atoms with Crippen LogP contribution in [0, 0.1) is 0 Å². The number of hydrogen-bond donors (Lipinski definition) is 0. The van der Waals surface area contributed by atoms with E-state index in [9.17, 15) is 0 Å². The summed E-state index contributed by atoms with van der Waals surface area (Å²) in [6.45, 7) is 0. The first kappa shape index (κ1) is 19.4. The Morgan fingerprint density at radius 3 is 2.12 bits per heavy atom. The first-order chi connectivity index (χ1) is 16.8. The fraction of sp³-hybridized carbons (Fsp3) is 0. The Morgan fingerprint density at radius 1 is 0.529 bits per heavy atom. The van der Waals surface area contributed by atoms with E-state index in [0.29, 0.717) is 5.82 Å². The third kappa shape index (κ3) is 2.89. The molecule has 0 aliphatic carbocycles. The van der Waals surface area contributed by atoms with Crippen LogP contribution in [0.25, 0.3) is 66.3 Å². The van der Waals surface area contributed by atoms with Crippen LogP contribution in [0.15, 0.2) is 112 Å². The summed E-state index contributed by atoms with van der Waals surface area (Å²) >= 11 is 3.69. The van der Waals surface area contributed by atoms with Crippen molar-refractivity contribution in [1.29, 1.82) is 0 Å². The largest absolute Gasteiger partial charge is 0.456 e. The average Bonchev–Trinajstić information content (AvgIpc) is 3.27. The molecule has 2 heterocycles. The Labute approximate surface area is 203 Å². The van der Waals surface area contributed by atoms with Gasteiger partial charge in [0, 0.05) is 31.8 Å². The van der Waals surface area contributed by atoms with Crippen molar-refractivity contribution in [3.05, 3.63) is 108 Å². The van der Waals surface area contributed by atoms with E-state index >= 15 is 0 Å². The number of halogens is 1. The van der Waals surface area contributed by atoms with Crippen LogP contribution in [0.3, 0.4) is 0 Å². The van der Waals surface area contributed by atoms with E-state index in [2.05, 4.69) is 70.5 Å². The van der Waals surface area contributed by atoms with Crippen LogP contribution in [0.5, 0.6) is 0 Å². The van der Waals surface area contributed by atoms with Crippen LogP contribution >= 0.6 is 15.9 Å². The molecule has 160 valence electrons. The van der Waals surface area contributed by atoms with Crippen molar-refractivity contribution in [3.8, 4) is 22.6 Å². The van der Waals surface area contributed by atoms with Crippen LogP contribution in [0.1, 0.15) is 0 Å². The first-order valence-corrected chi connectivity index (χ1v) is 11.9. The summed E-state index contributed by atoms with van der Waals surface area (Å²) < 4.78 is 7.22. The van der Waals surface area contributed by atoms with E-state index in [1.54, 1.807) is 0 Å². The lowest BCUT2D eigenvalue weighted by atomic mass is 9.99. The minimum Gasteiger partial charge on any atom is -0.456 e. The maximum atomic E-state index is 6.16. The van der Waals surface area contributed by atoms with Crippen LogP contribution in [0.4, 0.5) is 0 Å². The van der Waals surface area contributed by atoms with Crippen molar-refractivity contribution in [3.63, 3.8) is 0 Å². The van der Waals surface area contributed by atoms with Crippen molar-refractivity contribution in [2.45, 2.75) is 0 Å². The lowest BCUT2D eigenvalue weighted by molar-refractivity contribution is 0.669. The predicted octanol–water partition coefficient (Wildman–Crippen LogP) is 8.78. The minimum absolute atomic E-state index is 0.710. The molecule has 0 unspecified atom stereocenters. The van der Waals surface area contributed by atoms with Gasteiger partial charge < -0.3 is 4.42 Å². The lowest BCUT2D eigenvalue weighted by Gasteiger charge is -2.12. The van der Waals surface area contributed by atoms with Gasteiger partial charge in [-0.15, -0.1) is 0 Å². The van der Waals surface area contributed by atoms with Gasteiger partial charge in [0.15, 0.2) is 5.82 Å². The summed E-state index contributed by atoms with van der Waals surface area (Å²) in [5, 5.41) is 5.44. The Kier molecular flexibility index (Phi) is 4.29. The number of benzene rings is 5. The highest BCUT2D eigenvalue weighted by molar-refractivity contribution is 9.10. The Hall–Kier alpha value is -4.02. The van der Waals surface area contributed by atoms with Crippen LogP contribution in [0.2, 0.25) is 0 Å². The minimum atomic E-state index is 0.710. The molecule has 0 N–H and O–H groups in total. The first-order valence-electron chi connectivity index (χ1n) is 11.1. The molecular formula is C30H17BrN2O. The van der Waals surface area contributed by atoms with Gasteiger partial charge >= 0.3 is 0 Å². The van der Waals surface area contributed by atoms with Gasteiger partial charge in [0.05, 0.1) is 11.2 Å². The summed E-state index contributed by atoms with van der Waals surface area (Å²) in [4.78, 5) is 10.2. The van der Waals surface area contributed by atoms with Gasteiger partial charge in [-0.05, 0) is 41.1 Å². The number of fused-ring (bicyclic) bond motifs is 5. The molecule has 0 bridgehead atoms. The van der Waals surface area contributed by atoms with Crippen molar-refractivity contribution >= 4 is 59.5 Å². The molecule has 7 aromatic rings. The van der Waals surface area contributed by atoms with Crippen molar-refractivity contribution in [2.24, 2.45) is 0 Å². The van der Waals surface area contributed by atoms with Crippen LogP contribution in [-0.2, 0) is 0 Å². The van der Waals surface area contributed by atoms with Gasteiger partial charge in [-0.2, -0.15) is 0 Å². The highest BCUT2D eigenvalue weighted by atomic mass is 79.9. The molecule has 0 fully saturated rings. The number of rotatable bonds is 2. The second-order valence-corrected chi connectivity index (χ2v) is 9.18. The molecule has 34 heavy (non-hydrogen) atoms. The molecule has 0 saturated carbocycles. The van der Waals surface area contributed by atoms with Gasteiger partial charge in [-0.3, -0.25) is 0 Å². The highest BCUT2D eigenvalue weighted by Gasteiger charge is 2.18. The number of para-hydroxylation sites is 2. The zero-order valence-corrected chi connectivity index (χ0v) is 19.6. The molecular weight excluding hydrogens is 484 g/mol. The van der Waals surface area contributed by atoms with E-state index < -0.39 is 0 Å². The molecule has 0 amide bonds. The van der Waals surface area contributed by atoms with Gasteiger partial charge in [0.25, 0.3) is 0 Å². The molecule has 0 atom stereocenters. The fourth-order valence-electron chi connectivity index (χ4n) is 4.83. The van der Waals surface area contributed by atoms with E-state index in [-0.39, 0.29) is 0 Å². The topological polar surface area (TPSA) is 38.9 Å². The van der Waals surface area contributed by atoms with Gasteiger partial charge in [0.2, 0.25) is 0 Å². The number of hydrogen-bond acceptors (Lipinski definition) is 3. The maximum absolute atomic E-state index is 6.16. The molecule has 7 rings (SSSR count). The number of nitrogens with zero attached hydrogens (tertiary/aromatic N) is 2. The molecule has 4 heteroatoms. The average molecular weight is 501 g/mol. The number of aromatic nitrogens is 2. The molecule has 3 nitrogen and oxygen atoms in total. The van der Waals surface area contributed by atoms with Crippen molar-refractivity contribution in [2.75, 3.05) is 0 Å². The van der Waals surface area contributed by atoms with Gasteiger partial charge in [-0.25, -0.2) is 9.97 Å². The second-order valence-electron chi connectivity index (χ2n) is 8.33. The van der Waals surface area contributed by atoms with Gasteiger partial charge in [-0.1, -0.05) is 88.7 Å². The molecule has 0 saturated heterocycles. The summed E-state index contributed by atoms with van der Waals surface area (Å²) in [6, 6.07) is 35.1. The summed E-state index contributed by atoms with van der Waals surface area (Å²) in [5.74, 6) is 0.710. The van der Waals surface area contributed by atoms with E-state index in [0.717, 1.165) is 64.9 Å². The second kappa shape index (κ2) is 7.51. The third-order valence-corrected chi connectivity index (χ3v) is 7.06. The zero-order chi connectivity index (χ0) is 22.6. The molecule has 0 radical (unpaired) electrons. The van der Waals surface area contributed by atoms with Crippen LogP contribution in [-0.4, -0.2) is 9.97 Å². The Morgan fingerprint density at radius 2 is 1.24 bits per heavy atom. The molecule has 2 aromatic heterocycles. The monoisotopic (exact) mass is 500 g/mol. The van der Waals surface area contributed by atoms with E-state index in [1.807, 2.05) is 48.5 Å². The summed E-state index contributed by atoms with van der Waals surface area (Å²) in [7, 11) is 0. The number of furan rings is 1. The fourth-order valence-corrected chi connectivity index (χ4v) is 5.31. The maximum Gasteiger partial charge on any atom is 0.161 e. The molecule has 5 aromatic carbocycles. The van der Waals surface area contributed by atoms with E-state index in [1.165, 1.54) is 0 Å². The smallest absolute Gasteiger partial charge is 0.161 e. The zero-order valence-electron chi connectivity index (χ0n) is 18.0. The van der Waals surface area contributed by atoms with Crippen LogP contribution < -0.4 is 0 Å². The van der Waals surface area contributed by atoms with Crippen molar-refractivity contribution in [1.82, 2.24) is 9.97 Å². The summed E-state index contributed by atoms with van der Waals surface area (Å²) in [5.41, 5.74) is 5.61. The third-order valence-electron chi connectivity index (χ3n) is 6.37. The Bertz CT molecular complexity index is 1890. The highest BCUT2D eigenvalue weighted by Crippen LogP contribution is 2.39. The molecule has 0 aliphatic rings. The molecule has 0 spiro atoms. The van der Waals surface area contributed by atoms with Crippen molar-refractivity contribution < 1.29 is 4.42 Å². The predicted molar refractivity (Wildman–Crippen MR) is 143 cm³/mol. The summed E-state index contributed by atoms with van der Waals surface area (Å²) in [6.07, 6.45) is 0. The van der Waals surface area contributed by atoms with E-state index in [4.69, 9.17) is 14.4 Å². The SMILES string of the molecule is Brc1ccc(-c2nc(-c3cccc4oc5ccccc5c34)c3ccccc3n2)c2ccccc12. The quantitative estimate of drug-likeness (QED) is 0.238. The van der Waals surface area contributed by atoms with Gasteiger partial charge in [0.1, 0.15) is 11.2 Å². The molecule has 0 aliphatic heterocycles. The lowest BCUT2D eigenvalue weighted by Crippen LogP contribution is -1.96. The standard InChI is InChI=1S/C30H17BrN2O/c31-24-17-16-20(18-8-1-2-9-19(18)24)30-32-25-13-5-3-10-21(25)29(33-30)23-12-7-15-27-28(23)22-11-4-6-14-26(22)34-27/h1-17H. The Balaban J connectivity index is 1.60. The normalized spacial score (nSPS) is 11.7.